The van der Waals surface area contributed by atoms with Crippen molar-refractivity contribution in [3.63, 3.8) is 0 Å². The molecule has 4 unspecified atom stereocenters. The number of carbonyl (C=O) groups excluding carboxylic acids is 3. The minimum Gasteiger partial charge on any atom is -0.508 e. The van der Waals surface area contributed by atoms with Crippen LogP contribution in [0.15, 0.2) is 29.3 Å². The fraction of sp³-hybridized carbons (Fsp3) is 0.522. The van der Waals surface area contributed by atoms with E-state index in [1.54, 1.807) is 12.1 Å². The number of carboxylic acids is 1. The van der Waals surface area contributed by atoms with E-state index in [2.05, 4.69) is 28.3 Å². The summed E-state index contributed by atoms with van der Waals surface area (Å²) in [6.45, 7) is 0.456. The zero-order valence-corrected chi connectivity index (χ0v) is 21.3. The van der Waals surface area contributed by atoms with E-state index in [-0.39, 0.29) is 43.4 Å². The van der Waals surface area contributed by atoms with Gasteiger partial charge in [-0.15, -0.1) is 0 Å². The lowest BCUT2D eigenvalue weighted by atomic mass is 10.0. The molecular weight excluding hydrogens is 502 g/mol. The average molecular weight is 538 g/mol. The summed E-state index contributed by atoms with van der Waals surface area (Å²) in [5.74, 6) is -2.93. The molecule has 1 aromatic carbocycles. The first-order valence-corrected chi connectivity index (χ1v) is 12.5. The molecule has 0 saturated carbocycles. The van der Waals surface area contributed by atoms with Gasteiger partial charge in [0.15, 0.2) is 5.96 Å². The van der Waals surface area contributed by atoms with Crippen molar-refractivity contribution in [1.82, 2.24) is 15.5 Å². The standard InChI is InChI=1S/C23H35N7O6S/c24-15(12-37)19(32)28-16(3-1-9-27-23(25)26)20(33)29-17(11-13-5-7-14(31)8-6-13)21(34)30-10-2-4-18(30)22(35)36/h5-8,15-18,31,37H,1-4,9-12,24H2,(H,28,32)(H,29,33)(H,35,36)(H4,25,26,27). The minimum atomic E-state index is -1.12. The molecular formula is C23H35N7O6S. The molecule has 3 amide bonds. The van der Waals surface area contributed by atoms with Crippen molar-refractivity contribution in [1.29, 1.82) is 0 Å². The molecule has 0 aliphatic carbocycles. The van der Waals surface area contributed by atoms with Crippen molar-refractivity contribution in [3.8, 4) is 5.75 Å². The number of aliphatic carboxylic acids is 1. The van der Waals surface area contributed by atoms with Crippen molar-refractivity contribution in [2.24, 2.45) is 22.2 Å². The molecule has 0 aromatic heterocycles. The predicted octanol–water partition coefficient (Wildman–Crippen LogP) is -1.71. The number of carboxylic acid groups (broad SMARTS) is 1. The lowest BCUT2D eigenvalue weighted by Gasteiger charge is -2.29. The van der Waals surface area contributed by atoms with Crippen LogP contribution in [-0.4, -0.2) is 87.8 Å². The van der Waals surface area contributed by atoms with Crippen LogP contribution in [0.5, 0.6) is 5.75 Å². The Bertz CT molecular complexity index is 986. The number of likely N-dealkylation sites (tertiary alicyclic amines) is 1. The molecule has 14 heteroatoms. The third-order valence-corrected chi connectivity index (χ3v) is 6.32. The minimum absolute atomic E-state index is 0.0326. The molecule has 1 aliphatic heterocycles. The first-order valence-electron chi connectivity index (χ1n) is 11.9. The van der Waals surface area contributed by atoms with Crippen LogP contribution in [0.1, 0.15) is 31.2 Å². The highest BCUT2D eigenvalue weighted by atomic mass is 32.1. The first kappa shape index (κ1) is 29.7. The lowest BCUT2D eigenvalue weighted by molar-refractivity contribution is -0.149. The Kier molecular flexibility index (Phi) is 11.5. The number of aromatic hydroxyl groups is 1. The van der Waals surface area contributed by atoms with Gasteiger partial charge in [0, 0.05) is 25.3 Å². The van der Waals surface area contributed by atoms with Gasteiger partial charge < -0.3 is 42.9 Å². The van der Waals surface area contributed by atoms with E-state index < -0.39 is 47.9 Å². The summed E-state index contributed by atoms with van der Waals surface area (Å²) in [5.41, 5.74) is 17.0. The molecule has 0 spiro atoms. The Morgan fingerprint density at radius 3 is 2.35 bits per heavy atom. The molecule has 0 radical (unpaired) electrons. The molecule has 1 aromatic rings. The fourth-order valence-corrected chi connectivity index (χ4v) is 4.13. The van der Waals surface area contributed by atoms with Crippen molar-refractivity contribution in [2.45, 2.75) is 56.3 Å². The van der Waals surface area contributed by atoms with Crippen LogP contribution in [0, 0.1) is 0 Å². The number of aliphatic imine (C=N–C) groups is 1. The summed E-state index contributed by atoms with van der Waals surface area (Å²) in [5, 5.41) is 24.4. The number of phenolic OH excluding ortho intramolecular Hbond substituents is 1. The maximum atomic E-state index is 13.4. The number of guanidine groups is 1. The zero-order chi connectivity index (χ0) is 27.5. The van der Waals surface area contributed by atoms with Crippen LogP contribution in [0.4, 0.5) is 0 Å². The molecule has 1 saturated heterocycles. The zero-order valence-electron chi connectivity index (χ0n) is 20.4. The van der Waals surface area contributed by atoms with Gasteiger partial charge in [-0.05, 0) is 43.4 Å². The van der Waals surface area contributed by atoms with Crippen LogP contribution in [-0.2, 0) is 25.6 Å². The van der Waals surface area contributed by atoms with Crippen LogP contribution in [0.3, 0.4) is 0 Å². The van der Waals surface area contributed by atoms with Crippen molar-refractivity contribution >= 4 is 42.3 Å². The van der Waals surface area contributed by atoms with Crippen molar-refractivity contribution < 1.29 is 29.4 Å². The maximum Gasteiger partial charge on any atom is 0.326 e. The van der Waals surface area contributed by atoms with Gasteiger partial charge in [-0.3, -0.25) is 19.4 Å². The number of hydrogen-bond donors (Lipinski definition) is 8. The second-order valence-corrected chi connectivity index (χ2v) is 9.12. The third kappa shape index (κ3) is 9.13. The van der Waals surface area contributed by atoms with E-state index in [0.29, 0.717) is 24.8 Å². The van der Waals surface area contributed by atoms with Crippen LogP contribution in [0.2, 0.25) is 0 Å². The summed E-state index contributed by atoms with van der Waals surface area (Å²) < 4.78 is 0. The number of hydrogen-bond acceptors (Lipinski definition) is 8. The number of amides is 3. The Morgan fingerprint density at radius 1 is 1.11 bits per heavy atom. The summed E-state index contributed by atoms with van der Waals surface area (Å²) in [6.07, 6.45) is 1.36. The number of nitrogens with two attached hydrogens (primary N) is 3. The molecule has 10 N–H and O–H groups in total. The van der Waals surface area contributed by atoms with E-state index in [1.165, 1.54) is 17.0 Å². The van der Waals surface area contributed by atoms with E-state index in [4.69, 9.17) is 17.2 Å². The molecule has 1 heterocycles. The SMILES string of the molecule is NC(N)=NCCCC(NC(=O)C(N)CS)C(=O)NC(Cc1ccc(O)cc1)C(=O)N1CCCC1C(=O)O. The lowest BCUT2D eigenvalue weighted by Crippen LogP contribution is -2.57. The summed E-state index contributed by atoms with van der Waals surface area (Å²) in [4.78, 5) is 55.9. The van der Waals surface area contributed by atoms with E-state index >= 15 is 0 Å². The van der Waals surface area contributed by atoms with Gasteiger partial charge in [0.1, 0.15) is 23.9 Å². The molecule has 2 rings (SSSR count). The van der Waals surface area contributed by atoms with E-state index in [0.717, 1.165) is 0 Å². The van der Waals surface area contributed by atoms with Gasteiger partial charge in [0.25, 0.3) is 0 Å². The van der Waals surface area contributed by atoms with Crippen LogP contribution >= 0.6 is 12.6 Å². The monoisotopic (exact) mass is 537 g/mol. The average Bonchev–Trinajstić information content (AvgIpc) is 3.36. The predicted molar refractivity (Wildman–Crippen MR) is 140 cm³/mol. The summed E-state index contributed by atoms with van der Waals surface area (Å²) in [7, 11) is 0. The largest absolute Gasteiger partial charge is 0.508 e. The maximum absolute atomic E-state index is 13.4. The van der Waals surface area contributed by atoms with Gasteiger partial charge in [-0.1, -0.05) is 12.1 Å². The quantitative estimate of drug-likeness (QED) is 0.0619. The molecule has 13 nitrogen and oxygen atoms in total. The topological polar surface area (TPSA) is 226 Å². The molecule has 4 atom stereocenters. The first-order chi connectivity index (χ1) is 17.5. The van der Waals surface area contributed by atoms with Gasteiger partial charge in [0.2, 0.25) is 17.7 Å². The van der Waals surface area contributed by atoms with Crippen LogP contribution in [0.25, 0.3) is 0 Å². The van der Waals surface area contributed by atoms with Gasteiger partial charge >= 0.3 is 5.97 Å². The van der Waals surface area contributed by atoms with Crippen molar-refractivity contribution in [2.75, 3.05) is 18.8 Å². The highest BCUT2D eigenvalue weighted by Gasteiger charge is 2.38. The van der Waals surface area contributed by atoms with E-state index in [1.807, 2.05) is 0 Å². The number of phenols is 1. The Balaban J connectivity index is 2.26. The smallest absolute Gasteiger partial charge is 0.326 e. The van der Waals surface area contributed by atoms with Gasteiger partial charge in [-0.2, -0.15) is 12.6 Å². The number of benzene rings is 1. The number of nitrogens with one attached hydrogen (secondary N) is 2. The molecule has 1 aliphatic rings. The number of nitrogens with zero attached hydrogens (tertiary/aromatic N) is 2. The Morgan fingerprint density at radius 2 is 1.76 bits per heavy atom. The Hall–Kier alpha value is -3.52. The Labute approximate surface area is 220 Å². The second kappa shape index (κ2) is 14.3. The van der Waals surface area contributed by atoms with Gasteiger partial charge in [0.05, 0.1) is 6.04 Å². The molecule has 37 heavy (non-hydrogen) atoms. The van der Waals surface area contributed by atoms with E-state index in [9.17, 15) is 29.4 Å². The van der Waals surface area contributed by atoms with Crippen LogP contribution < -0.4 is 27.8 Å². The molecule has 204 valence electrons. The number of carbonyl (C=O) groups is 4. The second-order valence-electron chi connectivity index (χ2n) is 8.76. The highest BCUT2D eigenvalue weighted by Crippen LogP contribution is 2.20. The summed E-state index contributed by atoms with van der Waals surface area (Å²) >= 11 is 4.01. The third-order valence-electron chi connectivity index (χ3n) is 5.92. The van der Waals surface area contributed by atoms with Crippen molar-refractivity contribution in [3.05, 3.63) is 29.8 Å². The molecule has 1 fully saturated rings. The summed E-state index contributed by atoms with van der Waals surface area (Å²) in [6, 6.07) is 1.97. The number of rotatable bonds is 13. The number of thiol groups is 1. The normalized spacial score (nSPS) is 17.4. The van der Waals surface area contributed by atoms with Gasteiger partial charge in [-0.25, -0.2) is 4.79 Å². The highest BCUT2D eigenvalue weighted by molar-refractivity contribution is 7.80. The fourth-order valence-electron chi connectivity index (χ4n) is 3.96. The molecule has 0 bridgehead atoms.